The molecule has 3 rings (SSSR count). The van der Waals surface area contributed by atoms with E-state index in [2.05, 4.69) is 0 Å². The molecule has 1 atom stereocenters. The fourth-order valence-electron chi connectivity index (χ4n) is 3.79. The van der Waals surface area contributed by atoms with Gasteiger partial charge in [-0.3, -0.25) is 9.59 Å². The summed E-state index contributed by atoms with van der Waals surface area (Å²) in [6, 6.07) is 15.7. The lowest BCUT2D eigenvalue weighted by Gasteiger charge is -2.30. The molecule has 0 saturated carbocycles. The van der Waals surface area contributed by atoms with E-state index in [0.717, 1.165) is 0 Å². The molecule has 1 unspecified atom stereocenters. The Bertz CT molecular complexity index is 975. The molecular formula is C25H26O7. The van der Waals surface area contributed by atoms with Crippen LogP contribution in [0.3, 0.4) is 0 Å². The molecule has 1 saturated heterocycles. The third kappa shape index (κ3) is 4.29. The third-order valence-corrected chi connectivity index (χ3v) is 5.28. The molecule has 7 nitrogen and oxygen atoms in total. The zero-order chi connectivity index (χ0) is 23.1. The van der Waals surface area contributed by atoms with Crippen LogP contribution in [0.4, 0.5) is 0 Å². The second kappa shape index (κ2) is 10.2. The summed E-state index contributed by atoms with van der Waals surface area (Å²) < 4.78 is 21.5. The molecule has 2 aromatic rings. The Balaban J connectivity index is 2.14. The highest BCUT2D eigenvalue weighted by Crippen LogP contribution is 2.51. The van der Waals surface area contributed by atoms with Crippen molar-refractivity contribution >= 4 is 24.0 Å². The fourth-order valence-corrected chi connectivity index (χ4v) is 3.79. The Morgan fingerprint density at radius 3 is 2.09 bits per heavy atom. The Morgan fingerprint density at radius 2 is 1.56 bits per heavy atom. The first-order valence-corrected chi connectivity index (χ1v) is 10.4. The summed E-state index contributed by atoms with van der Waals surface area (Å²) in [5, 5.41) is 0. The predicted octanol–water partition coefficient (Wildman–Crippen LogP) is 3.74. The van der Waals surface area contributed by atoms with Gasteiger partial charge in [0.1, 0.15) is 6.10 Å². The first-order valence-electron chi connectivity index (χ1n) is 10.4. The molecule has 1 fully saturated rings. The molecule has 1 heterocycles. The summed E-state index contributed by atoms with van der Waals surface area (Å²) in [5.41, 5.74) is 0.380. The Hall–Kier alpha value is -3.45. The molecule has 32 heavy (non-hydrogen) atoms. The maximum atomic E-state index is 13.3. The zero-order valence-electron chi connectivity index (χ0n) is 18.3. The zero-order valence-corrected chi connectivity index (χ0v) is 18.3. The van der Waals surface area contributed by atoms with Crippen LogP contribution in [-0.2, 0) is 28.5 Å². The molecular weight excluding hydrogens is 412 g/mol. The smallest absolute Gasteiger partial charge is 0.337 e. The number of benzene rings is 2. The van der Waals surface area contributed by atoms with Crippen molar-refractivity contribution in [1.82, 2.24) is 0 Å². The van der Waals surface area contributed by atoms with Crippen LogP contribution >= 0.6 is 0 Å². The van der Waals surface area contributed by atoms with Crippen molar-refractivity contribution in [3.05, 3.63) is 76.9 Å². The van der Waals surface area contributed by atoms with Crippen LogP contribution in [-0.4, -0.2) is 44.8 Å². The van der Waals surface area contributed by atoms with E-state index in [-0.39, 0.29) is 19.8 Å². The lowest BCUT2D eigenvalue weighted by molar-refractivity contribution is -0.174. The molecule has 0 bridgehead atoms. The minimum atomic E-state index is -1.78. The quantitative estimate of drug-likeness (QED) is 0.370. The highest BCUT2D eigenvalue weighted by molar-refractivity contribution is 6.06. The van der Waals surface area contributed by atoms with Crippen molar-refractivity contribution in [2.75, 3.05) is 26.9 Å². The molecule has 1 aliphatic rings. The molecule has 0 radical (unpaired) electrons. The van der Waals surface area contributed by atoms with Crippen molar-refractivity contribution in [3.8, 4) is 0 Å². The van der Waals surface area contributed by atoms with Gasteiger partial charge in [0.05, 0.1) is 32.5 Å². The monoisotopic (exact) mass is 438 g/mol. The maximum Gasteiger partial charge on any atom is 0.337 e. The van der Waals surface area contributed by atoms with Gasteiger partial charge in [-0.25, -0.2) is 4.79 Å². The predicted molar refractivity (Wildman–Crippen MR) is 117 cm³/mol. The normalized spacial score (nSPS) is 18.2. The van der Waals surface area contributed by atoms with Crippen molar-refractivity contribution in [2.24, 2.45) is 5.41 Å². The lowest BCUT2D eigenvalue weighted by Crippen LogP contribution is -2.45. The van der Waals surface area contributed by atoms with E-state index in [1.54, 1.807) is 56.3 Å². The highest BCUT2D eigenvalue weighted by atomic mass is 16.6. The topological polar surface area (TPSA) is 88.1 Å². The second-order valence-electron chi connectivity index (χ2n) is 7.13. The van der Waals surface area contributed by atoms with Gasteiger partial charge in [-0.1, -0.05) is 48.5 Å². The van der Waals surface area contributed by atoms with E-state index < -0.39 is 29.4 Å². The third-order valence-electron chi connectivity index (χ3n) is 5.28. The second-order valence-corrected chi connectivity index (χ2v) is 7.13. The lowest BCUT2D eigenvalue weighted by atomic mass is 9.74. The Labute approximate surface area is 186 Å². The number of rotatable bonds is 7. The molecule has 2 aromatic carbocycles. The maximum absolute atomic E-state index is 13.3. The molecule has 0 aliphatic carbocycles. The molecule has 0 amide bonds. The summed E-state index contributed by atoms with van der Waals surface area (Å²) in [6.45, 7) is 3.60. The number of carbonyl (C=O) groups excluding carboxylic acids is 3. The van der Waals surface area contributed by atoms with Gasteiger partial charge in [-0.05, 0) is 42.7 Å². The van der Waals surface area contributed by atoms with Crippen LogP contribution in [0.1, 0.15) is 41.4 Å². The Kier molecular flexibility index (Phi) is 7.43. The first-order chi connectivity index (χ1) is 15.5. The van der Waals surface area contributed by atoms with Gasteiger partial charge in [0.15, 0.2) is 0 Å². The van der Waals surface area contributed by atoms with Crippen LogP contribution in [0.5, 0.6) is 0 Å². The number of hydrogen-bond acceptors (Lipinski definition) is 7. The summed E-state index contributed by atoms with van der Waals surface area (Å²) in [7, 11) is 1.31. The number of carbonyl (C=O) groups is 3. The summed E-state index contributed by atoms with van der Waals surface area (Å²) >= 11 is 0. The highest BCUT2D eigenvalue weighted by Gasteiger charge is 2.62. The molecule has 0 N–H and O–H groups in total. The Morgan fingerprint density at radius 1 is 0.969 bits per heavy atom. The van der Waals surface area contributed by atoms with Crippen LogP contribution in [0, 0.1) is 5.41 Å². The van der Waals surface area contributed by atoms with E-state index in [4.69, 9.17) is 18.9 Å². The van der Waals surface area contributed by atoms with Gasteiger partial charge >= 0.3 is 17.9 Å². The standard InChI is InChI=1S/C25H26O7/c1-4-30-23(27)25(24(28)31-5-2)20(16-32-21(25)18-9-7-6-8-10-18)15-17-11-13-19(14-12-17)22(26)29-3/h6-15,21H,4-5,16H2,1-3H3/b20-15+. The van der Waals surface area contributed by atoms with Crippen molar-refractivity contribution in [1.29, 1.82) is 0 Å². The van der Waals surface area contributed by atoms with E-state index in [1.165, 1.54) is 7.11 Å². The minimum absolute atomic E-state index is 0.0376. The molecule has 168 valence electrons. The number of hydrogen-bond donors (Lipinski definition) is 0. The minimum Gasteiger partial charge on any atom is -0.465 e. The van der Waals surface area contributed by atoms with Gasteiger partial charge in [0.2, 0.25) is 5.41 Å². The molecule has 7 heteroatoms. The number of esters is 3. The van der Waals surface area contributed by atoms with Crippen LogP contribution < -0.4 is 0 Å². The van der Waals surface area contributed by atoms with E-state index >= 15 is 0 Å². The number of methoxy groups -OCH3 is 1. The van der Waals surface area contributed by atoms with Gasteiger partial charge in [0, 0.05) is 0 Å². The van der Waals surface area contributed by atoms with Gasteiger partial charge in [-0.2, -0.15) is 0 Å². The first kappa shape index (κ1) is 23.2. The largest absolute Gasteiger partial charge is 0.465 e. The van der Waals surface area contributed by atoms with Crippen LogP contribution in [0.2, 0.25) is 0 Å². The fraction of sp³-hybridized carbons (Fsp3) is 0.320. The van der Waals surface area contributed by atoms with Gasteiger partial charge in [0.25, 0.3) is 0 Å². The van der Waals surface area contributed by atoms with Crippen LogP contribution in [0.15, 0.2) is 60.2 Å². The molecule has 1 aliphatic heterocycles. The number of ether oxygens (including phenoxy) is 4. The average molecular weight is 438 g/mol. The van der Waals surface area contributed by atoms with Crippen molar-refractivity contribution in [3.63, 3.8) is 0 Å². The van der Waals surface area contributed by atoms with Gasteiger partial charge in [-0.15, -0.1) is 0 Å². The van der Waals surface area contributed by atoms with Gasteiger partial charge < -0.3 is 18.9 Å². The summed E-state index contributed by atoms with van der Waals surface area (Å²) in [6.07, 6.45) is 0.806. The van der Waals surface area contributed by atoms with E-state index in [9.17, 15) is 14.4 Å². The van der Waals surface area contributed by atoms with E-state index in [0.29, 0.717) is 22.3 Å². The van der Waals surface area contributed by atoms with E-state index in [1.807, 2.05) is 18.2 Å². The van der Waals surface area contributed by atoms with Crippen molar-refractivity contribution in [2.45, 2.75) is 20.0 Å². The molecule has 0 aromatic heterocycles. The van der Waals surface area contributed by atoms with Crippen LogP contribution in [0.25, 0.3) is 6.08 Å². The average Bonchev–Trinajstić information content (AvgIpc) is 3.20. The van der Waals surface area contributed by atoms with Crippen molar-refractivity contribution < 1.29 is 33.3 Å². The SMILES string of the molecule is CCOC(=O)C1(C(=O)OCC)/C(=C/c2ccc(C(=O)OC)cc2)COC1c1ccccc1. The summed E-state index contributed by atoms with van der Waals surface area (Å²) in [4.78, 5) is 38.4. The summed E-state index contributed by atoms with van der Waals surface area (Å²) in [5.74, 6) is -1.89. The molecule has 0 spiro atoms.